The Balaban J connectivity index is 1.84. The van der Waals surface area contributed by atoms with Crippen LogP contribution in [0.4, 0.5) is 0 Å². The van der Waals surface area contributed by atoms with Gasteiger partial charge in [0, 0.05) is 22.8 Å². The van der Waals surface area contributed by atoms with Gasteiger partial charge in [-0.3, -0.25) is 0 Å². The summed E-state index contributed by atoms with van der Waals surface area (Å²) in [5.41, 5.74) is 7.08. The molecule has 9 nitrogen and oxygen atoms in total. The molecule has 9 heteroatoms. The quantitative estimate of drug-likeness (QED) is 0.432. The van der Waals surface area contributed by atoms with Crippen LogP contribution in [-0.2, 0) is 9.53 Å². The number of rotatable bonds is 8. The topological polar surface area (TPSA) is 114 Å². The van der Waals surface area contributed by atoms with Crippen molar-refractivity contribution in [2.24, 2.45) is 5.73 Å². The number of fused-ring (bicyclic) bond motifs is 3. The van der Waals surface area contributed by atoms with Gasteiger partial charge in [0.25, 0.3) is 0 Å². The molecule has 160 valence electrons. The molecule has 2 aromatic heterocycles. The van der Waals surface area contributed by atoms with Crippen LogP contribution in [0.15, 0.2) is 48.5 Å². The van der Waals surface area contributed by atoms with E-state index in [1.165, 1.54) is 0 Å². The van der Waals surface area contributed by atoms with Gasteiger partial charge in [-0.2, -0.15) is 4.52 Å². The number of hydrogen-bond donors (Lipinski definition) is 1. The van der Waals surface area contributed by atoms with Gasteiger partial charge in [0.2, 0.25) is 5.88 Å². The maximum absolute atomic E-state index is 12.4. The molecule has 4 aromatic rings. The van der Waals surface area contributed by atoms with E-state index in [1.54, 1.807) is 18.5 Å². The zero-order valence-corrected chi connectivity index (χ0v) is 17.3. The van der Waals surface area contributed by atoms with Crippen molar-refractivity contribution in [2.75, 3.05) is 20.3 Å². The zero-order valence-electron chi connectivity index (χ0n) is 17.3. The van der Waals surface area contributed by atoms with E-state index in [0.29, 0.717) is 17.9 Å². The minimum atomic E-state index is -0.862. The predicted molar refractivity (Wildman–Crippen MR) is 115 cm³/mol. The molecule has 0 amide bonds. The molecule has 4 rings (SSSR count). The number of esters is 1. The Hall–Kier alpha value is -3.72. The number of carbonyl (C=O) groups excluding carboxylic acids is 1. The number of nitrogens with zero attached hydrogens (tertiary/aromatic N) is 4. The van der Waals surface area contributed by atoms with Crippen LogP contribution in [0.2, 0.25) is 0 Å². The molecular weight excluding hydrogens is 398 g/mol. The van der Waals surface area contributed by atoms with Gasteiger partial charge in [0.15, 0.2) is 17.6 Å². The van der Waals surface area contributed by atoms with Crippen molar-refractivity contribution < 1.29 is 19.0 Å². The molecule has 2 heterocycles. The largest absolute Gasteiger partial charge is 0.497 e. The summed E-state index contributed by atoms with van der Waals surface area (Å²) < 4.78 is 18.0. The van der Waals surface area contributed by atoms with Crippen molar-refractivity contribution in [3.05, 3.63) is 48.5 Å². The number of ether oxygens (including phenoxy) is 3. The lowest BCUT2D eigenvalue weighted by Crippen LogP contribution is -2.32. The van der Waals surface area contributed by atoms with E-state index < -0.39 is 12.1 Å². The maximum atomic E-state index is 12.4. The van der Waals surface area contributed by atoms with Crippen molar-refractivity contribution in [2.45, 2.75) is 19.4 Å². The highest BCUT2D eigenvalue weighted by atomic mass is 16.6. The molecule has 2 aromatic carbocycles. The fourth-order valence-electron chi connectivity index (χ4n) is 3.31. The van der Waals surface area contributed by atoms with E-state index >= 15 is 0 Å². The molecule has 0 radical (unpaired) electrons. The number of carbonyl (C=O) groups is 1. The van der Waals surface area contributed by atoms with Gasteiger partial charge in [0.1, 0.15) is 5.75 Å². The Kier molecular flexibility index (Phi) is 5.94. The van der Waals surface area contributed by atoms with Crippen molar-refractivity contribution in [1.82, 2.24) is 19.8 Å². The normalized spacial score (nSPS) is 12.1. The third kappa shape index (κ3) is 3.99. The first-order valence-electron chi connectivity index (χ1n) is 9.98. The van der Waals surface area contributed by atoms with Crippen molar-refractivity contribution >= 4 is 22.4 Å². The van der Waals surface area contributed by atoms with Gasteiger partial charge in [0.05, 0.1) is 13.7 Å². The molecule has 0 fully saturated rings. The Bertz CT molecular complexity index is 1210. The second kappa shape index (κ2) is 8.97. The van der Waals surface area contributed by atoms with Crippen LogP contribution in [0.3, 0.4) is 0 Å². The van der Waals surface area contributed by atoms with Crippen LogP contribution < -0.4 is 15.2 Å². The summed E-state index contributed by atoms with van der Waals surface area (Å²) >= 11 is 0. The van der Waals surface area contributed by atoms with Crippen LogP contribution in [0.5, 0.6) is 11.6 Å². The molecular formula is C22H23N5O4. The third-order valence-electron chi connectivity index (χ3n) is 4.81. The minimum absolute atomic E-state index is 0.254. The number of hydrogen-bond acceptors (Lipinski definition) is 8. The SMILES string of the molecule is CCOC(=O)C(CCN)Oc1nn2c(-c3ccc(OC)cc3)nnc2c2ccccc12. The smallest absolute Gasteiger partial charge is 0.347 e. The molecule has 31 heavy (non-hydrogen) atoms. The monoisotopic (exact) mass is 421 g/mol. The molecule has 0 saturated heterocycles. The number of methoxy groups -OCH3 is 1. The molecule has 0 aliphatic rings. The lowest BCUT2D eigenvalue weighted by Gasteiger charge is -2.17. The van der Waals surface area contributed by atoms with Crippen molar-refractivity contribution in [3.8, 4) is 23.0 Å². The lowest BCUT2D eigenvalue weighted by atomic mass is 10.2. The van der Waals surface area contributed by atoms with E-state index in [1.807, 2.05) is 48.5 Å². The van der Waals surface area contributed by atoms with Gasteiger partial charge < -0.3 is 19.9 Å². The zero-order chi connectivity index (χ0) is 21.8. The van der Waals surface area contributed by atoms with Crippen LogP contribution in [0.1, 0.15) is 13.3 Å². The Morgan fingerprint density at radius 3 is 2.52 bits per heavy atom. The van der Waals surface area contributed by atoms with Gasteiger partial charge in [-0.15, -0.1) is 15.3 Å². The minimum Gasteiger partial charge on any atom is -0.497 e. The fraction of sp³-hybridized carbons (Fsp3) is 0.273. The predicted octanol–water partition coefficient (Wildman–Crippen LogP) is 2.61. The Labute approximate surface area is 178 Å². The molecule has 1 unspecified atom stereocenters. The van der Waals surface area contributed by atoms with Gasteiger partial charge in [-0.1, -0.05) is 18.2 Å². The Morgan fingerprint density at radius 1 is 1.10 bits per heavy atom. The van der Waals surface area contributed by atoms with Crippen molar-refractivity contribution in [1.29, 1.82) is 0 Å². The number of benzene rings is 2. The van der Waals surface area contributed by atoms with Crippen LogP contribution in [0.25, 0.3) is 27.8 Å². The van der Waals surface area contributed by atoms with Gasteiger partial charge in [-0.25, -0.2) is 4.79 Å². The lowest BCUT2D eigenvalue weighted by molar-refractivity contribution is -0.151. The van der Waals surface area contributed by atoms with Crippen LogP contribution in [-0.4, -0.2) is 52.1 Å². The van der Waals surface area contributed by atoms with E-state index in [2.05, 4.69) is 15.3 Å². The maximum Gasteiger partial charge on any atom is 0.347 e. The summed E-state index contributed by atoms with van der Waals surface area (Å²) in [6.07, 6.45) is -0.556. The first-order chi connectivity index (χ1) is 15.2. The summed E-state index contributed by atoms with van der Waals surface area (Å²) in [4.78, 5) is 12.4. The molecule has 0 saturated carbocycles. The molecule has 2 N–H and O–H groups in total. The third-order valence-corrected chi connectivity index (χ3v) is 4.81. The molecule has 0 spiro atoms. The second-order valence-electron chi connectivity index (χ2n) is 6.77. The summed E-state index contributed by atoms with van der Waals surface area (Å²) in [5.74, 6) is 1.08. The highest BCUT2D eigenvalue weighted by molar-refractivity contribution is 5.97. The summed E-state index contributed by atoms with van der Waals surface area (Å²) in [5, 5.41) is 14.8. The van der Waals surface area contributed by atoms with E-state index in [9.17, 15) is 4.79 Å². The van der Waals surface area contributed by atoms with Crippen LogP contribution in [0, 0.1) is 0 Å². The first-order valence-corrected chi connectivity index (χ1v) is 9.98. The second-order valence-corrected chi connectivity index (χ2v) is 6.77. The molecule has 0 bridgehead atoms. The molecule has 0 aliphatic heterocycles. The average Bonchev–Trinajstić information content (AvgIpc) is 3.23. The summed E-state index contributed by atoms with van der Waals surface area (Å²) in [6.45, 7) is 2.27. The standard InChI is InChI=1S/C22H23N5O4/c1-3-30-22(28)18(12-13-23)31-21-17-7-5-4-6-16(17)20-25-24-19(27(20)26-21)14-8-10-15(29-2)11-9-14/h4-11,18H,3,12-13,23H2,1-2H3. The van der Waals surface area contributed by atoms with Gasteiger partial charge in [-0.05, 0) is 43.8 Å². The highest BCUT2D eigenvalue weighted by Crippen LogP contribution is 2.30. The van der Waals surface area contributed by atoms with Gasteiger partial charge >= 0.3 is 5.97 Å². The Morgan fingerprint density at radius 2 is 1.84 bits per heavy atom. The summed E-state index contributed by atoms with van der Waals surface area (Å²) in [7, 11) is 1.61. The van der Waals surface area contributed by atoms with E-state index in [-0.39, 0.29) is 19.0 Å². The average molecular weight is 421 g/mol. The summed E-state index contributed by atoms with van der Waals surface area (Å²) in [6, 6.07) is 15.0. The highest BCUT2D eigenvalue weighted by Gasteiger charge is 2.24. The molecule has 0 aliphatic carbocycles. The first kappa shape index (κ1) is 20.5. The van der Waals surface area contributed by atoms with E-state index in [4.69, 9.17) is 19.9 Å². The van der Waals surface area contributed by atoms with Crippen LogP contribution >= 0.6 is 0 Å². The van der Waals surface area contributed by atoms with Crippen molar-refractivity contribution in [3.63, 3.8) is 0 Å². The number of nitrogens with two attached hydrogens (primary N) is 1. The van der Waals surface area contributed by atoms with E-state index in [0.717, 1.165) is 22.1 Å². The number of aromatic nitrogens is 4. The molecule has 1 atom stereocenters. The fourth-order valence-corrected chi connectivity index (χ4v) is 3.31.